The van der Waals surface area contributed by atoms with Crippen molar-refractivity contribution in [1.29, 1.82) is 0 Å². The summed E-state index contributed by atoms with van der Waals surface area (Å²) in [6.45, 7) is 5.50. The molecular formula is C23H28N4O4S. The molecule has 0 saturated carbocycles. The molecule has 3 aromatic rings. The Morgan fingerprint density at radius 2 is 1.75 bits per heavy atom. The largest absolute Gasteiger partial charge is 0.346 e. The van der Waals surface area contributed by atoms with Gasteiger partial charge in [-0.05, 0) is 43.5 Å². The van der Waals surface area contributed by atoms with Crippen LogP contribution in [0.15, 0.2) is 53.4 Å². The zero-order valence-electron chi connectivity index (χ0n) is 18.4. The summed E-state index contributed by atoms with van der Waals surface area (Å²) in [6.07, 6.45) is 0.680. The lowest BCUT2D eigenvalue weighted by atomic mass is 10.0. The topological polar surface area (TPSA) is 121 Å². The second-order valence-corrected chi connectivity index (χ2v) is 9.88. The number of carbonyl (C=O) groups excluding carboxylic acids is 2. The van der Waals surface area contributed by atoms with Gasteiger partial charge in [0.05, 0.1) is 22.0 Å². The van der Waals surface area contributed by atoms with Gasteiger partial charge in [0.25, 0.3) is 0 Å². The quantitative estimate of drug-likeness (QED) is 0.404. The molecule has 0 saturated heterocycles. The van der Waals surface area contributed by atoms with E-state index in [2.05, 4.69) is 33.9 Å². The molecule has 9 heteroatoms. The number of hydrogen-bond donors (Lipinski definition) is 3. The van der Waals surface area contributed by atoms with Crippen LogP contribution < -0.4 is 10.0 Å². The summed E-state index contributed by atoms with van der Waals surface area (Å²) in [6, 6.07) is 13.0. The van der Waals surface area contributed by atoms with Crippen LogP contribution in [0.25, 0.3) is 11.0 Å². The van der Waals surface area contributed by atoms with E-state index in [1.807, 2.05) is 24.3 Å². The van der Waals surface area contributed by atoms with E-state index in [-0.39, 0.29) is 35.6 Å². The number of benzene rings is 2. The van der Waals surface area contributed by atoms with Crippen LogP contribution >= 0.6 is 0 Å². The number of para-hydroxylation sites is 2. The molecule has 0 radical (unpaired) electrons. The fraction of sp³-hybridized carbons (Fsp3) is 0.348. The molecule has 0 bridgehead atoms. The lowest BCUT2D eigenvalue weighted by Gasteiger charge is -2.19. The summed E-state index contributed by atoms with van der Waals surface area (Å²) in [5, 5.41) is 2.97. The Labute approximate surface area is 187 Å². The first-order chi connectivity index (χ1) is 15.2. The molecule has 1 heterocycles. The first-order valence-corrected chi connectivity index (χ1v) is 12.0. The highest BCUT2D eigenvalue weighted by Crippen LogP contribution is 2.22. The Hall–Kier alpha value is -3.04. The number of aromatic nitrogens is 2. The van der Waals surface area contributed by atoms with Crippen molar-refractivity contribution < 1.29 is 18.0 Å². The molecule has 0 spiro atoms. The highest BCUT2D eigenvalue weighted by atomic mass is 32.2. The van der Waals surface area contributed by atoms with Crippen LogP contribution in [0.2, 0.25) is 0 Å². The third kappa shape index (κ3) is 6.02. The zero-order chi connectivity index (χ0) is 23.3. The molecule has 1 amide bonds. The van der Waals surface area contributed by atoms with Crippen molar-refractivity contribution in [3.63, 3.8) is 0 Å². The van der Waals surface area contributed by atoms with Gasteiger partial charge < -0.3 is 10.3 Å². The summed E-state index contributed by atoms with van der Waals surface area (Å²) < 4.78 is 27.3. The molecule has 3 rings (SSSR count). The molecule has 1 unspecified atom stereocenters. The molecule has 0 aliphatic heterocycles. The van der Waals surface area contributed by atoms with Crippen LogP contribution in [0.1, 0.15) is 55.8 Å². The molecule has 0 fully saturated rings. The lowest BCUT2D eigenvalue weighted by molar-refractivity contribution is -0.121. The standard InChI is InChI=1S/C23H28N4O4S/c1-15(2)14-21(23-26-19-6-4-5-7-20(19)27-23)25-22(29)12-13-24-32(30,31)18-10-8-17(9-11-18)16(3)28/h4-11,15,21,24H,12-14H2,1-3H3,(H,25,29)(H,26,27). The Balaban J connectivity index is 1.60. The number of nitrogens with one attached hydrogen (secondary N) is 3. The van der Waals surface area contributed by atoms with Gasteiger partial charge in [-0.25, -0.2) is 18.1 Å². The number of Topliss-reactive ketones (excluding diaryl/α,β-unsaturated/α-hetero) is 1. The third-order valence-corrected chi connectivity index (χ3v) is 6.47. The number of ketones is 1. The lowest BCUT2D eigenvalue weighted by Crippen LogP contribution is -2.34. The minimum absolute atomic E-state index is 0.0143. The van der Waals surface area contributed by atoms with Gasteiger partial charge in [-0.2, -0.15) is 0 Å². The van der Waals surface area contributed by atoms with E-state index in [1.54, 1.807) is 0 Å². The molecule has 8 nitrogen and oxygen atoms in total. The normalized spacial score (nSPS) is 12.8. The Morgan fingerprint density at radius 1 is 1.06 bits per heavy atom. The number of hydrogen-bond acceptors (Lipinski definition) is 5. The van der Waals surface area contributed by atoms with Gasteiger partial charge in [-0.1, -0.05) is 38.1 Å². The fourth-order valence-electron chi connectivity index (χ4n) is 3.37. The van der Waals surface area contributed by atoms with Crippen molar-refractivity contribution in [2.24, 2.45) is 5.92 Å². The fourth-order valence-corrected chi connectivity index (χ4v) is 4.40. The number of fused-ring (bicyclic) bond motifs is 1. The number of rotatable bonds is 10. The zero-order valence-corrected chi connectivity index (χ0v) is 19.2. The molecule has 0 aliphatic carbocycles. The van der Waals surface area contributed by atoms with E-state index < -0.39 is 10.0 Å². The summed E-state index contributed by atoms with van der Waals surface area (Å²) in [5.74, 6) is 0.592. The molecule has 0 aliphatic rings. The predicted molar refractivity (Wildman–Crippen MR) is 123 cm³/mol. The minimum atomic E-state index is -3.78. The second kappa shape index (κ2) is 10.1. The molecule has 1 atom stereocenters. The van der Waals surface area contributed by atoms with Gasteiger partial charge >= 0.3 is 0 Å². The van der Waals surface area contributed by atoms with Crippen LogP contribution in [0.3, 0.4) is 0 Å². The maximum absolute atomic E-state index is 12.5. The van der Waals surface area contributed by atoms with Crippen LogP contribution in [0.5, 0.6) is 0 Å². The van der Waals surface area contributed by atoms with Crippen LogP contribution in [0.4, 0.5) is 0 Å². The summed E-state index contributed by atoms with van der Waals surface area (Å²) in [7, 11) is -3.78. The van der Waals surface area contributed by atoms with E-state index in [4.69, 9.17) is 0 Å². The first-order valence-electron chi connectivity index (χ1n) is 10.5. The van der Waals surface area contributed by atoms with E-state index in [1.165, 1.54) is 31.2 Å². The third-order valence-electron chi connectivity index (χ3n) is 5.00. The maximum atomic E-state index is 12.5. The number of imidazole rings is 1. The van der Waals surface area contributed by atoms with Crippen molar-refractivity contribution in [3.05, 3.63) is 59.9 Å². The maximum Gasteiger partial charge on any atom is 0.240 e. The summed E-state index contributed by atoms with van der Waals surface area (Å²) in [5.41, 5.74) is 2.16. The monoisotopic (exact) mass is 456 g/mol. The van der Waals surface area contributed by atoms with Gasteiger partial charge in [0, 0.05) is 18.5 Å². The molecule has 3 N–H and O–H groups in total. The average Bonchev–Trinajstić information content (AvgIpc) is 3.17. The first kappa shape index (κ1) is 23.6. The van der Waals surface area contributed by atoms with Gasteiger partial charge in [0.15, 0.2) is 5.78 Å². The van der Waals surface area contributed by atoms with E-state index in [9.17, 15) is 18.0 Å². The van der Waals surface area contributed by atoms with Crippen molar-refractivity contribution in [1.82, 2.24) is 20.0 Å². The molecule has 170 valence electrons. The number of aromatic amines is 1. The molecule has 1 aromatic heterocycles. The van der Waals surface area contributed by atoms with Crippen LogP contribution in [0, 0.1) is 5.92 Å². The Kier molecular flexibility index (Phi) is 7.42. The number of nitrogens with zero attached hydrogens (tertiary/aromatic N) is 1. The van der Waals surface area contributed by atoms with Crippen molar-refractivity contribution in [2.75, 3.05) is 6.54 Å². The van der Waals surface area contributed by atoms with Crippen LogP contribution in [-0.4, -0.2) is 36.6 Å². The van der Waals surface area contributed by atoms with Gasteiger partial charge in [-0.3, -0.25) is 9.59 Å². The number of H-pyrrole nitrogens is 1. The van der Waals surface area contributed by atoms with E-state index >= 15 is 0 Å². The summed E-state index contributed by atoms with van der Waals surface area (Å²) >= 11 is 0. The minimum Gasteiger partial charge on any atom is -0.346 e. The number of amides is 1. The smallest absolute Gasteiger partial charge is 0.240 e. The average molecular weight is 457 g/mol. The van der Waals surface area contributed by atoms with E-state index in [0.717, 1.165) is 11.0 Å². The Bertz CT molecular complexity index is 1170. The molecular weight excluding hydrogens is 428 g/mol. The highest BCUT2D eigenvalue weighted by molar-refractivity contribution is 7.89. The Morgan fingerprint density at radius 3 is 2.38 bits per heavy atom. The number of sulfonamides is 1. The highest BCUT2D eigenvalue weighted by Gasteiger charge is 2.20. The van der Waals surface area contributed by atoms with Crippen molar-refractivity contribution in [3.8, 4) is 0 Å². The van der Waals surface area contributed by atoms with Crippen LogP contribution in [-0.2, 0) is 14.8 Å². The van der Waals surface area contributed by atoms with Gasteiger partial charge in [-0.15, -0.1) is 0 Å². The SMILES string of the molecule is CC(=O)c1ccc(S(=O)(=O)NCCC(=O)NC(CC(C)C)c2nc3ccccc3[nH]2)cc1. The predicted octanol–water partition coefficient (Wildman–Crippen LogP) is 3.34. The molecule has 32 heavy (non-hydrogen) atoms. The molecule has 2 aromatic carbocycles. The van der Waals surface area contributed by atoms with Gasteiger partial charge in [0.2, 0.25) is 15.9 Å². The van der Waals surface area contributed by atoms with Crippen molar-refractivity contribution >= 4 is 32.7 Å². The van der Waals surface area contributed by atoms with E-state index in [0.29, 0.717) is 23.7 Å². The summed E-state index contributed by atoms with van der Waals surface area (Å²) in [4.78, 5) is 31.8. The number of carbonyl (C=O) groups is 2. The van der Waals surface area contributed by atoms with Gasteiger partial charge in [0.1, 0.15) is 5.82 Å². The second-order valence-electron chi connectivity index (χ2n) is 8.12. The van der Waals surface area contributed by atoms with Crippen molar-refractivity contribution in [2.45, 2.75) is 44.6 Å².